The van der Waals surface area contributed by atoms with Gasteiger partial charge in [-0.05, 0) is 60.8 Å². The van der Waals surface area contributed by atoms with E-state index in [9.17, 15) is 19.5 Å². The summed E-state index contributed by atoms with van der Waals surface area (Å²) in [5, 5.41) is 11.1. The van der Waals surface area contributed by atoms with Gasteiger partial charge in [0, 0.05) is 36.4 Å². The fraction of sp³-hybridized carbons (Fsp3) is 0.417. The van der Waals surface area contributed by atoms with Gasteiger partial charge in [-0.1, -0.05) is 55.5 Å². The number of likely N-dealkylation sites (N-methyl/N-ethyl adjacent to an activating group) is 1. The van der Waals surface area contributed by atoms with Crippen molar-refractivity contribution in [2.24, 2.45) is 5.92 Å². The van der Waals surface area contributed by atoms with Gasteiger partial charge in [-0.3, -0.25) is 19.3 Å². The zero-order valence-corrected chi connectivity index (χ0v) is 28.2. The molecule has 0 radical (unpaired) electrons. The Morgan fingerprint density at radius 2 is 1.83 bits per heavy atom. The van der Waals surface area contributed by atoms with Gasteiger partial charge in [-0.25, -0.2) is 0 Å². The lowest BCUT2D eigenvalue weighted by molar-refractivity contribution is -0.149. The molecule has 10 heteroatoms. The first-order chi connectivity index (χ1) is 22.1. The molecule has 3 aromatic carbocycles. The third-order valence-electron chi connectivity index (χ3n) is 10.7. The highest BCUT2D eigenvalue weighted by atomic mass is 28.3. The molecule has 0 aliphatic carbocycles. The Morgan fingerprint density at radius 1 is 1.11 bits per heavy atom. The maximum atomic E-state index is 14.5. The molecule has 3 amide bonds. The predicted octanol–water partition coefficient (Wildman–Crippen LogP) is 4.56. The van der Waals surface area contributed by atoms with Crippen LogP contribution in [0, 0.1) is 5.92 Å². The molecule has 3 aromatic rings. The second-order valence-electron chi connectivity index (χ2n) is 13.3. The molecule has 1 spiro atoms. The van der Waals surface area contributed by atoms with Crippen LogP contribution in [0.4, 0.5) is 17.1 Å². The molecular weight excluding hydrogens is 598 g/mol. The molecule has 3 heterocycles. The summed E-state index contributed by atoms with van der Waals surface area (Å²) in [5.41, 5.74) is 1.34. The molecule has 0 saturated carbocycles. The number of para-hydroxylation sites is 1. The number of hydrogen-bond donors (Lipinski definition) is 1. The van der Waals surface area contributed by atoms with Crippen LogP contribution in [0.2, 0.25) is 18.6 Å². The van der Waals surface area contributed by atoms with E-state index in [-0.39, 0.29) is 42.3 Å². The largest absolute Gasteiger partial charge is 0.497 e. The fourth-order valence-electron chi connectivity index (χ4n) is 8.26. The second kappa shape index (κ2) is 12.3. The molecule has 46 heavy (non-hydrogen) atoms. The van der Waals surface area contributed by atoms with E-state index in [1.54, 1.807) is 28.9 Å². The average molecular weight is 642 g/mol. The highest BCUT2D eigenvalue weighted by molar-refractivity contribution is 6.91. The van der Waals surface area contributed by atoms with Crippen LogP contribution in [-0.4, -0.2) is 75.8 Å². The number of amides is 3. The summed E-state index contributed by atoms with van der Waals surface area (Å²) in [6.45, 7) is 7.19. The van der Waals surface area contributed by atoms with Crippen molar-refractivity contribution in [3.63, 3.8) is 0 Å². The average Bonchev–Trinajstić information content (AvgIpc) is 3.73. The summed E-state index contributed by atoms with van der Waals surface area (Å²) in [5.74, 6) is 0.260. The van der Waals surface area contributed by atoms with Crippen LogP contribution >= 0.6 is 0 Å². The summed E-state index contributed by atoms with van der Waals surface area (Å²) in [4.78, 5) is 45.8. The number of nitrogens with zero attached hydrogens (tertiary/aromatic N) is 3. The third-order valence-corrected chi connectivity index (χ3v) is 15.0. The van der Waals surface area contributed by atoms with Crippen molar-refractivity contribution in [1.29, 1.82) is 0 Å². The van der Waals surface area contributed by atoms with Gasteiger partial charge in [0.25, 0.3) is 5.91 Å². The maximum absolute atomic E-state index is 14.5. The molecule has 5 atom stereocenters. The topological polar surface area (TPSA) is 99.6 Å². The van der Waals surface area contributed by atoms with E-state index in [1.165, 1.54) is 5.19 Å². The standard InChI is InChI=1S/C36H43N3O6Si/c1-24-34(46(4,5)29-16-14-28(44-3)15-17-29)32(21-33(42)38-19-9-12-27(38)22-40)45-36(24)30-20-26(13-18-31(30)37(2)35(36)43)39(23-41)25-10-7-6-8-11-25/h6-8,10-11,13-18,20,23-24,27,32,34,40H,9,12,19,21-22H2,1-5H3/t24-,27+,32+,34-,36+/m1/s1. The van der Waals surface area contributed by atoms with Crippen molar-refractivity contribution in [2.75, 3.05) is 37.1 Å². The van der Waals surface area contributed by atoms with Crippen molar-refractivity contribution < 1.29 is 29.0 Å². The zero-order chi connectivity index (χ0) is 32.8. The number of aliphatic hydroxyl groups excluding tert-OH is 1. The van der Waals surface area contributed by atoms with E-state index < -0.39 is 19.8 Å². The Morgan fingerprint density at radius 3 is 2.48 bits per heavy atom. The Bertz CT molecular complexity index is 1620. The van der Waals surface area contributed by atoms with E-state index in [1.807, 2.05) is 60.7 Å². The van der Waals surface area contributed by atoms with Gasteiger partial charge >= 0.3 is 0 Å². The molecule has 2 fully saturated rings. The number of benzene rings is 3. The summed E-state index contributed by atoms with van der Waals surface area (Å²) < 4.78 is 12.5. The number of ether oxygens (including phenoxy) is 2. The van der Waals surface area contributed by atoms with Crippen LogP contribution in [0.15, 0.2) is 72.8 Å². The minimum atomic E-state index is -2.44. The van der Waals surface area contributed by atoms with Crippen LogP contribution in [0.3, 0.4) is 0 Å². The predicted molar refractivity (Wildman–Crippen MR) is 181 cm³/mol. The molecule has 3 aliphatic heterocycles. The van der Waals surface area contributed by atoms with Crippen molar-refractivity contribution in [3.05, 3.63) is 78.4 Å². The number of anilines is 3. The minimum absolute atomic E-state index is 0.0562. The second-order valence-corrected chi connectivity index (χ2v) is 18.0. The van der Waals surface area contributed by atoms with Crippen LogP contribution in [0.5, 0.6) is 5.75 Å². The van der Waals surface area contributed by atoms with Gasteiger partial charge in [0.1, 0.15) is 5.75 Å². The van der Waals surface area contributed by atoms with E-state index in [2.05, 4.69) is 32.2 Å². The first kappa shape index (κ1) is 32.0. The molecule has 3 aliphatic rings. The number of carbonyl (C=O) groups excluding carboxylic acids is 3. The molecule has 0 bridgehead atoms. The number of hydrogen-bond acceptors (Lipinski definition) is 6. The van der Waals surface area contributed by atoms with Crippen molar-refractivity contribution in [2.45, 2.75) is 62.6 Å². The Labute approximate surface area is 271 Å². The van der Waals surface area contributed by atoms with Crippen LogP contribution in [0.25, 0.3) is 0 Å². The molecule has 1 N–H and O–H groups in total. The zero-order valence-electron chi connectivity index (χ0n) is 27.2. The Hall–Kier alpha value is -3.99. The lowest BCUT2D eigenvalue weighted by atomic mass is 9.82. The van der Waals surface area contributed by atoms with Crippen LogP contribution < -0.4 is 19.7 Å². The number of fused-ring (bicyclic) bond motifs is 2. The van der Waals surface area contributed by atoms with Gasteiger partial charge in [0.05, 0.1) is 46.0 Å². The first-order valence-corrected chi connectivity index (χ1v) is 19.1. The molecule has 0 unspecified atom stereocenters. The van der Waals surface area contributed by atoms with Crippen molar-refractivity contribution >= 4 is 48.5 Å². The number of methoxy groups -OCH3 is 1. The number of carbonyl (C=O) groups is 3. The van der Waals surface area contributed by atoms with Gasteiger partial charge < -0.3 is 24.4 Å². The fourth-order valence-corrected chi connectivity index (χ4v) is 12.3. The molecule has 2 saturated heterocycles. The third kappa shape index (κ3) is 5.03. The lowest BCUT2D eigenvalue weighted by Crippen LogP contribution is -2.52. The van der Waals surface area contributed by atoms with Crippen LogP contribution in [-0.2, 0) is 24.7 Å². The normalized spacial score (nSPS) is 25.7. The summed E-state index contributed by atoms with van der Waals surface area (Å²) >= 11 is 0. The van der Waals surface area contributed by atoms with Gasteiger partial charge in [-0.15, -0.1) is 0 Å². The van der Waals surface area contributed by atoms with Crippen molar-refractivity contribution in [3.8, 4) is 5.75 Å². The van der Waals surface area contributed by atoms with Gasteiger partial charge in [0.2, 0.25) is 12.3 Å². The lowest BCUT2D eigenvalue weighted by Gasteiger charge is -2.37. The van der Waals surface area contributed by atoms with Gasteiger partial charge in [-0.2, -0.15) is 0 Å². The Balaban J connectivity index is 1.46. The first-order valence-electron chi connectivity index (χ1n) is 16.0. The van der Waals surface area contributed by atoms with Gasteiger partial charge in [0.15, 0.2) is 5.60 Å². The quantitative estimate of drug-likeness (QED) is 0.272. The maximum Gasteiger partial charge on any atom is 0.264 e. The minimum Gasteiger partial charge on any atom is -0.497 e. The van der Waals surface area contributed by atoms with E-state index in [4.69, 9.17) is 9.47 Å². The molecule has 242 valence electrons. The van der Waals surface area contributed by atoms with Crippen LogP contribution in [0.1, 0.15) is 31.7 Å². The molecule has 0 aromatic heterocycles. The monoisotopic (exact) mass is 641 g/mol. The summed E-state index contributed by atoms with van der Waals surface area (Å²) in [6.07, 6.45) is 2.00. The highest BCUT2D eigenvalue weighted by Crippen LogP contribution is 2.60. The molecule has 6 rings (SSSR count). The highest BCUT2D eigenvalue weighted by Gasteiger charge is 2.66. The van der Waals surface area contributed by atoms with E-state index >= 15 is 0 Å². The van der Waals surface area contributed by atoms with Crippen molar-refractivity contribution in [1.82, 2.24) is 4.90 Å². The number of rotatable bonds is 9. The SMILES string of the molecule is COc1ccc([Si](C)(C)[C@H]2[C@H](CC(=O)N3CCC[C@H]3CO)O[C@@]3(C(=O)N(C)c4ccc(N(C=O)c5ccccc5)cc43)[C@@H]2C)cc1. The van der Waals surface area contributed by atoms with E-state index in [0.29, 0.717) is 23.5 Å². The molecular formula is C36H43N3O6Si. The Kier molecular flexibility index (Phi) is 8.56. The van der Waals surface area contributed by atoms with E-state index in [0.717, 1.165) is 30.7 Å². The summed E-state index contributed by atoms with van der Waals surface area (Å²) in [7, 11) is 0.965. The number of aliphatic hydroxyl groups is 1. The number of likely N-dealkylation sites (tertiary alicyclic amines) is 1. The molecule has 9 nitrogen and oxygen atoms in total. The summed E-state index contributed by atoms with van der Waals surface area (Å²) in [6, 6.07) is 22.9. The smallest absolute Gasteiger partial charge is 0.264 e.